The van der Waals surface area contributed by atoms with E-state index < -0.39 is 11.6 Å². The first kappa shape index (κ1) is 24.2. The Morgan fingerprint density at radius 3 is 2.54 bits per heavy atom. The number of aromatic nitrogens is 3. The minimum Gasteiger partial charge on any atom is -0.467 e. The van der Waals surface area contributed by atoms with E-state index in [0.29, 0.717) is 17.0 Å². The summed E-state index contributed by atoms with van der Waals surface area (Å²) in [6, 6.07) is 23.4. The molecular weight excluding hydrogens is 466 g/mol. The molecule has 0 fully saturated rings. The summed E-state index contributed by atoms with van der Waals surface area (Å²) in [6.07, 6.45) is 2.23. The lowest BCUT2D eigenvalue weighted by atomic mass is 10.00. The van der Waals surface area contributed by atoms with Crippen molar-refractivity contribution in [2.24, 2.45) is 0 Å². The summed E-state index contributed by atoms with van der Waals surface area (Å²) in [4.78, 5) is 29.6. The Kier molecular flexibility index (Phi) is 6.48. The van der Waals surface area contributed by atoms with E-state index in [9.17, 15) is 9.59 Å². The van der Waals surface area contributed by atoms with Gasteiger partial charge in [0.15, 0.2) is 6.04 Å². The highest BCUT2D eigenvalue weighted by Gasteiger charge is 2.37. The zero-order valence-electron chi connectivity index (χ0n) is 21.1. The van der Waals surface area contributed by atoms with Gasteiger partial charge in [-0.1, -0.05) is 60.7 Å². The van der Waals surface area contributed by atoms with E-state index in [0.717, 1.165) is 22.7 Å². The van der Waals surface area contributed by atoms with Crippen molar-refractivity contribution >= 4 is 39.3 Å². The molecule has 3 aromatic carbocycles. The molecule has 1 atom stereocenters. The summed E-state index contributed by atoms with van der Waals surface area (Å²) >= 11 is 0. The summed E-state index contributed by atoms with van der Waals surface area (Å²) in [6.45, 7) is 5.81. The Hall–Kier alpha value is -4.46. The number of para-hydroxylation sites is 1. The lowest BCUT2D eigenvalue weighted by molar-refractivity contribution is -0.128. The first-order valence-electron chi connectivity index (χ1n) is 12.3. The predicted molar refractivity (Wildman–Crippen MR) is 143 cm³/mol. The molecule has 37 heavy (non-hydrogen) atoms. The molecule has 2 aromatic heterocycles. The zero-order valence-corrected chi connectivity index (χ0v) is 21.1. The Balaban J connectivity index is 1.65. The Bertz CT molecular complexity index is 1550. The molecule has 0 aliphatic heterocycles. The van der Waals surface area contributed by atoms with Crippen LogP contribution in [0.3, 0.4) is 0 Å². The third-order valence-electron chi connectivity index (χ3n) is 6.66. The molecule has 2 amide bonds. The van der Waals surface area contributed by atoms with Crippen LogP contribution in [0.4, 0.5) is 5.69 Å². The molecule has 0 saturated carbocycles. The average molecular weight is 496 g/mol. The molecule has 0 aliphatic rings. The first-order chi connectivity index (χ1) is 17.9. The number of rotatable bonds is 8. The third kappa shape index (κ3) is 4.82. The molecule has 0 unspecified atom stereocenters. The van der Waals surface area contributed by atoms with Gasteiger partial charge in [-0.3, -0.25) is 14.5 Å². The van der Waals surface area contributed by atoms with Crippen molar-refractivity contribution in [3.8, 4) is 0 Å². The van der Waals surface area contributed by atoms with Crippen LogP contribution >= 0.6 is 0 Å². The van der Waals surface area contributed by atoms with Crippen LogP contribution in [0, 0.1) is 0 Å². The van der Waals surface area contributed by atoms with Gasteiger partial charge in [-0.25, -0.2) is 4.68 Å². The average Bonchev–Trinajstić information content (AvgIpc) is 3.57. The van der Waals surface area contributed by atoms with Crippen LogP contribution in [0.15, 0.2) is 89.5 Å². The van der Waals surface area contributed by atoms with E-state index >= 15 is 0 Å². The Morgan fingerprint density at radius 1 is 1.00 bits per heavy atom. The number of anilines is 1. The predicted octanol–water partition coefficient (Wildman–Crippen LogP) is 5.26. The van der Waals surface area contributed by atoms with E-state index in [1.54, 1.807) is 16.8 Å². The highest BCUT2D eigenvalue weighted by Crippen LogP contribution is 2.34. The second kappa shape index (κ2) is 9.89. The second-order valence-electron chi connectivity index (χ2n) is 9.64. The van der Waals surface area contributed by atoms with Crippen LogP contribution in [-0.2, 0) is 16.1 Å². The largest absolute Gasteiger partial charge is 0.467 e. The number of benzene rings is 3. The van der Waals surface area contributed by atoms with Crippen LogP contribution in [0.2, 0.25) is 0 Å². The topological polar surface area (TPSA) is 93.3 Å². The number of amides is 2. The standard InChI is InChI=1S/C29H29N5O3/c1-4-29(2,3)30-28(36)27(25-17-10-18-37-25)34(23-16-9-12-20-11-5-6-13-21(20)23)26(35)19-33-24-15-8-7-14-22(24)31-32-33/h5-18,27H,4,19H2,1-3H3,(H,30,36)/t27-/m1/s1. The maximum absolute atomic E-state index is 14.2. The Morgan fingerprint density at radius 2 is 1.76 bits per heavy atom. The van der Waals surface area contributed by atoms with Crippen LogP contribution < -0.4 is 10.2 Å². The van der Waals surface area contributed by atoms with Crippen LogP contribution in [0.25, 0.3) is 21.8 Å². The quantitative estimate of drug-likeness (QED) is 0.317. The van der Waals surface area contributed by atoms with Crippen molar-refractivity contribution in [2.75, 3.05) is 4.90 Å². The van der Waals surface area contributed by atoms with E-state index in [-0.39, 0.29) is 18.4 Å². The van der Waals surface area contributed by atoms with Gasteiger partial charge in [-0.2, -0.15) is 0 Å². The summed E-state index contributed by atoms with van der Waals surface area (Å²) in [5, 5.41) is 13.3. The van der Waals surface area contributed by atoms with Crippen molar-refractivity contribution < 1.29 is 14.0 Å². The second-order valence-corrected chi connectivity index (χ2v) is 9.64. The van der Waals surface area contributed by atoms with E-state index in [4.69, 9.17) is 4.42 Å². The number of furan rings is 1. The highest BCUT2D eigenvalue weighted by molar-refractivity contribution is 6.08. The molecule has 2 heterocycles. The third-order valence-corrected chi connectivity index (χ3v) is 6.66. The smallest absolute Gasteiger partial charge is 0.251 e. The first-order valence-corrected chi connectivity index (χ1v) is 12.3. The summed E-state index contributed by atoms with van der Waals surface area (Å²) < 4.78 is 7.30. The van der Waals surface area contributed by atoms with Gasteiger partial charge in [-0.15, -0.1) is 5.10 Å². The van der Waals surface area contributed by atoms with Crippen molar-refractivity contribution in [1.82, 2.24) is 20.3 Å². The number of nitrogens with one attached hydrogen (secondary N) is 1. The summed E-state index contributed by atoms with van der Waals surface area (Å²) in [7, 11) is 0. The minimum atomic E-state index is -1.03. The molecule has 8 heteroatoms. The van der Waals surface area contributed by atoms with Crippen molar-refractivity contribution in [1.29, 1.82) is 0 Å². The number of nitrogens with zero attached hydrogens (tertiary/aromatic N) is 4. The van der Waals surface area contributed by atoms with Gasteiger partial charge in [0.2, 0.25) is 5.91 Å². The lowest BCUT2D eigenvalue weighted by Crippen LogP contribution is -2.51. The van der Waals surface area contributed by atoms with Crippen molar-refractivity contribution in [2.45, 2.75) is 45.3 Å². The Labute approximate surface area is 214 Å². The van der Waals surface area contributed by atoms with Crippen molar-refractivity contribution in [3.63, 3.8) is 0 Å². The van der Waals surface area contributed by atoms with Gasteiger partial charge in [0.05, 0.1) is 17.5 Å². The molecule has 0 aliphatic carbocycles. The van der Waals surface area contributed by atoms with E-state index in [2.05, 4.69) is 15.6 Å². The molecule has 5 aromatic rings. The maximum Gasteiger partial charge on any atom is 0.251 e. The molecule has 8 nitrogen and oxygen atoms in total. The van der Waals surface area contributed by atoms with Gasteiger partial charge < -0.3 is 9.73 Å². The minimum absolute atomic E-state index is 0.106. The molecule has 5 rings (SSSR count). The number of hydrogen-bond donors (Lipinski definition) is 1. The SMILES string of the molecule is CCC(C)(C)NC(=O)[C@@H](c1ccco1)N(C(=O)Cn1nnc2ccccc21)c1cccc2ccccc12. The van der Waals surface area contributed by atoms with E-state index in [1.165, 1.54) is 11.2 Å². The number of carbonyl (C=O) groups excluding carboxylic acids is 2. The lowest BCUT2D eigenvalue weighted by Gasteiger charge is -2.34. The molecule has 0 radical (unpaired) electrons. The summed E-state index contributed by atoms with van der Waals surface area (Å²) in [5.74, 6) is -0.279. The molecule has 0 saturated heterocycles. The fourth-order valence-electron chi connectivity index (χ4n) is 4.39. The van der Waals surface area contributed by atoms with E-state index in [1.807, 2.05) is 87.5 Å². The number of hydrogen-bond acceptors (Lipinski definition) is 5. The molecule has 0 bridgehead atoms. The van der Waals surface area contributed by atoms with Crippen LogP contribution in [0.5, 0.6) is 0 Å². The monoisotopic (exact) mass is 495 g/mol. The zero-order chi connectivity index (χ0) is 26.0. The van der Waals surface area contributed by atoms with Gasteiger partial charge in [-0.05, 0) is 56.0 Å². The van der Waals surface area contributed by atoms with Gasteiger partial charge >= 0.3 is 0 Å². The number of carbonyl (C=O) groups is 2. The highest BCUT2D eigenvalue weighted by atomic mass is 16.3. The molecule has 1 N–H and O–H groups in total. The fourth-order valence-corrected chi connectivity index (χ4v) is 4.39. The van der Waals surface area contributed by atoms with Crippen LogP contribution in [0.1, 0.15) is 39.0 Å². The molecule has 0 spiro atoms. The molecular formula is C29H29N5O3. The van der Waals surface area contributed by atoms with Crippen molar-refractivity contribution in [3.05, 3.63) is 90.9 Å². The van der Waals surface area contributed by atoms with Crippen LogP contribution in [-0.4, -0.2) is 32.3 Å². The maximum atomic E-state index is 14.2. The number of fused-ring (bicyclic) bond motifs is 2. The fraction of sp³-hybridized carbons (Fsp3) is 0.241. The normalized spacial score (nSPS) is 12.5. The summed E-state index contributed by atoms with van der Waals surface area (Å²) in [5.41, 5.74) is 1.56. The van der Waals surface area contributed by atoms with Gasteiger partial charge in [0.25, 0.3) is 5.91 Å². The van der Waals surface area contributed by atoms with Gasteiger partial charge in [0.1, 0.15) is 17.8 Å². The molecule has 188 valence electrons. The van der Waals surface area contributed by atoms with Gasteiger partial charge in [0, 0.05) is 10.9 Å².